The molecule has 2 heterocycles. The van der Waals surface area contributed by atoms with E-state index < -0.39 is 0 Å². The molecular weight excluding hydrogens is 152 g/mol. The predicted octanol–water partition coefficient (Wildman–Crippen LogP) is 1.42. The van der Waals surface area contributed by atoms with Crippen molar-refractivity contribution in [2.45, 2.75) is 13.8 Å². The van der Waals surface area contributed by atoms with E-state index in [0.717, 1.165) is 22.8 Å². The molecule has 2 N–H and O–H groups in total. The molecule has 0 fully saturated rings. The van der Waals surface area contributed by atoms with E-state index >= 15 is 0 Å². The van der Waals surface area contributed by atoms with E-state index in [9.17, 15) is 0 Å². The lowest BCUT2D eigenvalue weighted by Crippen LogP contribution is -1.83. The molecule has 0 atom stereocenters. The summed E-state index contributed by atoms with van der Waals surface area (Å²) in [6.45, 7) is 3.97. The van der Waals surface area contributed by atoms with Gasteiger partial charge in [0.2, 0.25) is 0 Å². The van der Waals surface area contributed by atoms with Crippen molar-refractivity contribution in [3.63, 3.8) is 0 Å². The van der Waals surface area contributed by atoms with Crippen molar-refractivity contribution in [3.05, 3.63) is 23.7 Å². The van der Waals surface area contributed by atoms with Gasteiger partial charge in [-0.1, -0.05) is 0 Å². The Balaban J connectivity index is 2.50. The van der Waals surface area contributed by atoms with Gasteiger partial charge in [-0.25, -0.2) is 4.98 Å². The molecule has 2 aromatic heterocycles. The molecule has 0 saturated heterocycles. The summed E-state index contributed by atoms with van der Waals surface area (Å²) >= 11 is 0. The fraction of sp³-hybridized carbons (Fsp3) is 0.250. The van der Waals surface area contributed by atoms with Crippen LogP contribution in [0.15, 0.2) is 12.4 Å². The molecule has 12 heavy (non-hydrogen) atoms. The van der Waals surface area contributed by atoms with Crippen molar-refractivity contribution in [1.82, 2.24) is 20.2 Å². The number of aromatic amines is 2. The van der Waals surface area contributed by atoms with Crippen molar-refractivity contribution in [1.29, 1.82) is 0 Å². The highest BCUT2D eigenvalue weighted by atomic mass is 15.1. The van der Waals surface area contributed by atoms with E-state index in [1.807, 2.05) is 13.8 Å². The molecule has 4 heteroatoms. The van der Waals surface area contributed by atoms with E-state index in [0.29, 0.717) is 0 Å². The SMILES string of the molecule is Cc1cnc(-c2[nH]ncc2C)[nH]1. The fourth-order valence-corrected chi connectivity index (χ4v) is 1.13. The molecule has 0 aliphatic carbocycles. The van der Waals surface area contributed by atoms with Crippen LogP contribution in [0.25, 0.3) is 11.5 Å². The van der Waals surface area contributed by atoms with Gasteiger partial charge < -0.3 is 4.98 Å². The highest BCUT2D eigenvalue weighted by Gasteiger charge is 2.05. The molecule has 2 rings (SSSR count). The number of hydrogen-bond acceptors (Lipinski definition) is 2. The zero-order chi connectivity index (χ0) is 8.55. The van der Waals surface area contributed by atoms with Crippen LogP contribution in [0.3, 0.4) is 0 Å². The second kappa shape index (κ2) is 2.48. The standard InChI is InChI=1S/C8H10N4/c1-5-3-10-12-7(5)8-9-4-6(2)11-8/h3-4H,1-2H3,(H,9,11)(H,10,12). The van der Waals surface area contributed by atoms with Crippen molar-refractivity contribution in [3.8, 4) is 11.5 Å². The number of rotatable bonds is 1. The molecule has 0 amide bonds. The maximum Gasteiger partial charge on any atom is 0.155 e. The number of imidazole rings is 1. The number of aromatic nitrogens is 4. The van der Waals surface area contributed by atoms with Crippen LogP contribution in [-0.4, -0.2) is 20.2 Å². The molecule has 0 radical (unpaired) electrons. The largest absolute Gasteiger partial charge is 0.341 e. The van der Waals surface area contributed by atoms with Crippen molar-refractivity contribution in [2.24, 2.45) is 0 Å². The van der Waals surface area contributed by atoms with Gasteiger partial charge in [0.15, 0.2) is 5.82 Å². The molecule has 0 bridgehead atoms. The fourth-order valence-electron chi connectivity index (χ4n) is 1.13. The smallest absolute Gasteiger partial charge is 0.155 e. The summed E-state index contributed by atoms with van der Waals surface area (Å²) in [7, 11) is 0. The molecule has 2 aromatic rings. The second-order valence-corrected chi connectivity index (χ2v) is 2.84. The van der Waals surface area contributed by atoms with E-state index in [2.05, 4.69) is 20.2 Å². The summed E-state index contributed by atoms with van der Waals surface area (Å²) in [5, 5.41) is 6.81. The molecule has 4 nitrogen and oxygen atoms in total. The Bertz CT molecular complexity index is 385. The zero-order valence-corrected chi connectivity index (χ0v) is 7.05. The third-order valence-electron chi connectivity index (χ3n) is 1.77. The predicted molar refractivity (Wildman–Crippen MR) is 45.6 cm³/mol. The zero-order valence-electron chi connectivity index (χ0n) is 7.05. The van der Waals surface area contributed by atoms with Crippen LogP contribution in [0, 0.1) is 13.8 Å². The van der Waals surface area contributed by atoms with Crippen molar-refractivity contribution < 1.29 is 0 Å². The number of H-pyrrole nitrogens is 2. The van der Waals surface area contributed by atoms with Gasteiger partial charge in [0.1, 0.15) is 5.69 Å². The maximum absolute atomic E-state index is 4.19. The Morgan fingerprint density at radius 1 is 1.25 bits per heavy atom. The summed E-state index contributed by atoms with van der Waals surface area (Å²) in [4.78, 5) is 7.33. The molecule has 0 aliphatic rings. The van der Waals surface area contributed by atoms with E-state index in [4.69, 9.17) is 0 Å². The molecule has 62 valence electrons. The van der Waals surface area contributed by atoms with E-state index in [1.165, 1.54) is 0 Å². The quantitative estimate of drug-likeness (QED) is 0.666. The lowest BCUT2D eigenvalue weighted by atomic mass is 10.3. The number of aryl methyl sites for hydroxylation is 2. The summed E-state index contributed by atoms with van der Waals surface area (Å²) in [5.41, 5.74) is 3.12. The van der Waals surface area contributed by atoms with Crippen molar-refractivity contribution >= 4 is 0 Å². The maximum atomic E-state index is 4.19. The summed E-state index contributed by atoms with van der Waals surface area (Å²) in [5.74, 6) is 0.850. The summed E-state index contributed by atoms with van der Waals surface area (Å²) < 4.78 is 0. The summed E-state index contributed by atoms with van der Waals surface area (Å²) in [6, 6.07) is 0. The van der Waals surface area contributed by atoms with Gasteiger partial charge in [0.05, 0.1) is 6.20 Å². The van der Waals surface area contributed by atoms with E-state index in [1.54, 1.807) is 12.4 Å². The number of nitrogens with zero attached hydrogens (tertiary/aromatic N) is 2. The first-order valence-electron chi connectivity index (χ1n) is 3.79. The third kappa shape index (κ3) is 1.01. The molecule has 0 saturated carbocycles. The topological polar surface area (TPSA) is 57.4 Å². The minimum absolute atomic E-state index is 0.850. The van der Waals surface area contributed by atoms with Crippen LogP contribution in [-0.2, 0) is 0 Å². The Morgan fingerprint density at radius 2 is 2.08 bits per heavy atom. The van der Waals surface area contributed by atoms with Crippen molar-refractivity contribution in [2.75, 3.05) is 0 Å². The Hall–Kier alpha value is -1.58. The van der Waals surface area contributed by atoms with Crippen LogP contribution < -0.4 is 0 Å². The lowest BCUT2D eigenvalue weighted by molar-refractivity contribution is 1.08. The Morgan fingerprint density at radius 3 is 2.58 bits per heavy atom. The third-order valence-corrected chi connectivity index (χ3v) is 1.77. The molecule has 0 unspecified atom stereocenters. The van der Waals surface area contributed by atoms with Crippen LogP contribution in [0.1, 0.15) is 11.3 Å². The minimum Gasteiger partial charge on any atom is -0.341 e. The van der Waals surface area contributed by atoms with Crippen LogP contribution in [0.4, 0.5) is 0 Å². The second-order valence-electron chi connectivity index (χ2n) is 2.84. The molecule has 0 aliphatic heterocycles. The number of hydrogen-bond donors (Lipinski definition) is 2. The van der Waals surface area contributed by atoms with Gasteiger partial charge in [-0.15, -0.1) is 0 Å². The first kappa shape index (κ1) is 7.09. The average Bonchev–Trinajstić information content (AvgIpc) is 2.58. The lowest BCUT2D eigenvalue weighted by Gasteiger charge is -1.91. The number of nitrogens with one attached hydrogen (secondary N) is 2. The van der Waals surface area contributed by atoms with Gasteiger partial charge in [-0.2, -0.15) is 5.10 Å². The van der Waals surface area contributed by atoms with Gasteiger partial charge in [-0.05, 0) is 19.4 Å². The van der Waals surface area contributed by atoms with Crippen LogP contribution in [0.5, 0.6) is 0 Å². The molecule has 0 aromatic carbocycles. The highest BCUT2D eigenvalue weighted by molar-refractivity contribution is 5.53. The van der Waals surface area contributed by atoms with Crippen LogP contribution in [0.2, 0.25) is 0 Å². The highest BCUT2D eigenvalue weighted by Crippen LogP contribution is 2.15. The first-order valence-corrected chi connectivity index (χ1v) is 3.79. The van der Waals surface area contributed by atoms with Gasteiger partial charge in [-0.3, -0.25) is 5.10 Å². The van der Waals surface area contributed by atoms with E-state index in [-0.39, 0.29) is 0 Å². The molecular formula is C8H10N4. The van der Waals surface area contributed by atoms with Gasteiger partial charge in [0, 0.05) is 11.9 Å². The Labute approximate surface area is 70.0 Å². The normalized spacial score (nSPS) is 10.5. The minimum atomic E-state index is 0.850. The molecule has 0 spiro atoms. The van der Waals surface area contributed by atoms with Gasteiger partial charge >= 0.3 is 0 Å². The Kier molecular flexibility index (Phi) is 1.46. The average molecular weight is 162 g/mol. The first-order chi connectivity index (χ1) is 5.77. The van der Waals surface area contributed by atoms with Crippen LogP contribution >= 0.6 is 0 Å². The summed E-state index contributed by atoms with van der Waals surface area (Å²) in [6.07, 6.45) is 3.59. The van der Waals surface area contributed by atoms with Gasteiger partial charge in [0.25, 0.3) is 0 Å². The monoisotopic (exact) mass is 162 g/mol.